The second-order valence-corrected chi connectivity index (χ2v) is 4.93. The molecule has 14 heavy (non-hydrogen) atoms. The molecule has 0 aromatic rings. The summed E-state index contributed by atoms with van der Waals surface area (Å²) in [6.45, 7) is 1.13. The van der Waals surface area contributed by atoms with Gasteiger partial charge in [-0.05, 0) is 38.5 Å². The molecular formula is C11H18N2O. The summed E-state index contributed by atoms with van der Waals surface area (Å²) in [4.78, 5) is 14.2. The minimum Gasteiger partial charge on any atom is -0.336 e. The van der Waals surface area contributed by atoms with Gasteiger partial charge < -0.3 is 5.32 Å². The second-order valence-electron chi connectivity index (χ2n) is 4.93. The molecule has 0 radical (unpaired) electrons. The average molecular weight is 194 g/mol. The van der Waals surface area contributed by atoms with Crippen LogP contribution in [-0.2, 0) is 4.79 Å². The smallest absolute Gasteiger partial charge is 0.238 e. The fourth-order valence-electron chi connectivity index (χ4n) is 3.48. The zero-order valence-corrected chi connectivity index (χ0v) is 8.59. The van der Waals surface area contributed by atoms with Crippen LogP contribution in [0.15, 0.2) is 0 Å². The van der Waals surface area contributed by atoms with Crippen molar-refractivity contribution in [2.75, 3.05) is 6.54 Å². The normalized spacial score (nSPS) is 36.0. The fraction of sp³-hybridized carbons (Fsp3) is 0.909. The van der Waals surface area contributed by atoms with Crippen LogP contribution in [0.5, 0.6) is 0 Å². The molecule has 3 fully saturated rings. The monoisotopic (exact) mass is 194 g/mol. The van der Waals surface area contributed by atoms with Crippen molar-refractivity contribution in [2.45, 2.75) is 56.7 Å². The van der Waals surface area contributed by atoms with E-state index in [0.717, 1.165) is 13.0 Å². The SMILES string of the molecule is O=C1NC2(CCCCC2)N2CCC[C@@H]12. The molecule has 3 heteroatoms. The van der Waals surface area contributed by atoms with Gasteiger partial charge in [0.05, 0.1) is 11.7 Å². The van der Waals surface area contributed by atoms with Gasteiger partial charge in [0.25, 0.3) is 0 Å². The molecule has 0 unspecified atom stereocenters. The van der Waals surface area contributed by atoms with Crippen molar-refractivity contribution in [3.05, 3.63) is 0 Å². The van der Waals surface area contributed by atoms with E-state index in [0.29, 0.717) is 5.91 Å². The zero-order valence-electron chi connectivity index (χ0n) is 8.59. The molecule has 78 valence electrons. The minimum absolute atomic E-state index is 0.0799. The van der Waals surface area contributed by atoms with Crippen molar-refractivity contribution >= 4 is 5.91 Å². The van der Waals surface area contributed by atoms with Crippen molar-refractivity contribution in [3.8, 4) is 0 Å². The Balaban J connectivity index is 1.88. The first kappa shape index (κ1) is 8.72. The van der Waals surface area contributed by atoms with Gasteiger partial charge in [0.1, 0.15) is 0 Å². The van der Waals surface area contributed by atoms with Gasteiger partial charge in [0.2, 0.25) is 5.91 Å². The maximum absolute atomic E-state index is 11.8. The Labute approximate surface area is 84.8 Å². The maximum Gasteiger partial charge on any atom is 0.238 e. The summed E-state index contributed by atoms with van der Waals surface area (Å²) in [5.41, 5.74) is 0.0799. The van der Waals surface area contributed by atoms with Gasteiger partial charge in [-0.2, -0.15) is 0 Å². The second kappa shape index (κ2) is 2.96. The lowest BCUT2D eigenvalue weighted by atomic mass is 9.88. The van der Waals surface area contributed by atoms with Crippen LogP contribution in [0.25, 0.3) is 0 Å². The van der Waals surface area contributed by atoms with E-state index >= 15 is 0 Å². The van der Waals surface area contributed by atoms with Gasteiger partial charge in [-0.3, -0.25) is 9.69 Å². The molecule has 3 rings (SSSR count). The summed E-state index contributed by atoms with van der Waals surface area (Å²) in [5.74, 6) is 0.296. The standard InChI is InChI=1S/C11H18N2O/c14-10-9-5-4-8-13(9)11(12-10)6-2-1-3-7-11/h9H,1-8H2,(H,12,14)/t9-/m0/s1. The molecule has 3 aliphatic rings. The van der Waals surface area contributed by atoms with E-state index in [1.807, 2.05) is 0 Å². The molecule has 1 aliphatic carbocycles. The van der Waals surface area contributed by atoms with Crippen LogP contribution in [0.4, 0.5) is 0 Å². The van der Waals surface area contributed by atoms with Gasteiger partial charge >= 0.3 is 0 Å². The van der Waals surface area contributed by atoms with Crippen molar-refractivity contribution in [3.63, 3.8) is 0 Å². The third-order valence-corrected chi connectivity index (χ3v) is 4.14. The van der Waals surface area contributed by atoms with Crippen LogP contribution in [0, 0.1) is 0 Å². The summed E-state index contributed by atoms with van der Waals surface area (Å²) < 4.78 is 0. The predicted octanol–water partition coefficient (Wildman–Crippen LogP) is 1.24. The van der Waals surface area contributed by atoms with Gasteiger partial charge in [0.15, 0.2) is 0 Å². The molecule has 0 aromatic heterocycles. The highest BCUT2D eigenvalue weighted by atomic mass is 16.2. The lowest BCUT2D eigenvalue weighted by Crippen LogP contribution is -2.53. The van der Waals surface area contributed by atoms with Crippen LogP contribution in [-0.4, -0.2) is 29.1 Å². The third-order valence-electron chi connectivity index (χ3n) is 4.14. The number of carbonyl (C=O) groups is 1. The van der Waals surface area contributed by atoms with Crippen LogP contribution >= 0.6 is 0 Å². The minimum atomic E-state index is 0.0799. The number of carbonyl (C=O) groups excluding carboxylic acids is 1. The highest BCUT2D eigenvalue weighted by Gasteiger charge is 2.52. The van der Waals surface area contributed by atoms with E-state index in [2.05, 4.69) is 10.2 Å². The van der Waals surface area contributed by atoms with E-state index in [1.54, 1.807) is 0 Å². The molecule has 3 nitrogen and oxygen atoms in total. The van der Waals surface area contributed by atoms with E-state index in [9.17, 15) is 4.79 Å². The first-order chi connectivity index (χ1) is 6.82. The van der Waals surface area contributed by atoms with Crippen molar-refractivity contribution in [2.24, 2.45) is 0 Å². The zero-order chi connectivity index (χ0) is 9.60. The average Bonchev–Trinajstić information content (AvgIpc) is 2.74. The quantitative estimate of drug-likeness (QED) is 0.629. The molecule has 1 spiro atoms. The highest BCUT2D eigenvalue weighted by Crippen LogP contribution is 2.40. The van der Waals surface area contributed by atoms with Crippen molar-refractivity contribution in [1.29, 1.82) is 0 Å². The Hall–Kier alpha value is -0.570. The molecule has 2 aliphatic heterocycles. The number of nitrogens with zero attached hydrogens (tertiary/aromatic N) is 1. The number of hydrogen-bond acceptors (Lipinski definition) is 2. The van der Waals surface area contributed by atoms with Gasteiger partial charge in [-0.1, -0.05) is 6.42 Å². The van der Waals surface area contributed by atoms with E-state index in [-0.39, 0.29) is 11.7 Å². The molecule has 1 atom stereocenters. The van der Waals surface area contributed by atoms with Crippen molar-refractivity contribution in [1.82, 2.24) is 10.2 Å². The molecule has 1 amide bonds. The first-order valence-corrected chi connectivity index (χ1v) is 5.91. The maximum atomic E-state index is 11.8. The number of nitrogens with one attached hydrogen (secondary N) is 1. The molecule has 1 N–H and O–H groups in total. The number of rotatable bonds is 0. The number of fused-ring (bicyclic) bond motifs is 2. The Morgan fingerprint density at radius 1 is 1.21 bits per heavy atom. The molecule has 0 aromatic carbocycles. The summed E-state index contributed by atoms with van der Waals surface area (Å²) in [5, 5.41) is 3.26. The lowest BCUT2D eigenvalue weighted by molar-refractivity contribution is -0.121. The largest absolute Gasteiger partial charge is 0.336 e. The topological polar surface area (TPSA) is 32.3 Å². The number of amides is 1. The van der Waals surface area contributed by atoms with Gasteiger partial charge in [-0.25, -0.2) is 0 Å². The Morgan fingerprint density at radius 2 is 2.00 bits per heavy atom. The molecular weight excluding hydrogens is 176 g/mol. The van der Waals surface area contributed by atoms with Crippen LogP contribution < -0.4 is 5.32 Å². The van der Waals surface area contributed by atoms with Gasteiger partial charge in [0, 0.05) is 6.54 Å². The van der Waals surface area contributed by atoms with Crippen LogP contribution in [0.1, 0.15) is 44.9 Å². The van der Waals surface area contributed by atoms with Crippen LogP contribution in [0.3, 0.4) is 0 Å². The fourth-order valence-corrected chi connectivity index (χ4v) is 3.48. The number of hydrogen-bond donors (Lipinski definition) is 1. The van der Waals surface area contributed by atoms with Crippen molar-refractivity contribution < 1.29 is 4.79 Å². The Morgan fingerprint density at radius 3 is 2.79 bits per heavy atom. The highest BCUT2D eigenvalue weighted by molar-refractivity contribution is 5.85. The van der Waals surface area contributed by atoms with E-state index < -0.39 is 0 Å². The van der Waals surface area contributed by atoms with E-state index in [4.69, 9.17) is 0 Å². The molecule has 0 bridgehead atoms. The lowest BCUT2D eigenvalue weighted by Gasteiger charge is -2.40. The van der Waals surface area contributed by atoms with Gasteiger partial charge in [-0.15, -0.1) is 0 Å². The summed E-state index contributed by atoms with van der Waals surface area (Å²) in [7, 11) is 0. The molecule has 1 saturated carbocycles. The van der Waals surface area contributed by atoms with Crippen LogP contribution in [0.2, 0.25) is 0 Å². The Kier molecular flexibility index (Phi) is 1.84. The van der Waals surface area contributed by atoms with E-state index in [1.165, 1.54) is 38.5 Å². The molecule has 2 saturated heterocycles. The first-order valence-electron chi connectivity index (χ1n) is 5.91. The molecule has 2 heterocycles. The summed E-state index contributed by atoms with van der Waals surface area (Å²) in [6.07, 6.45) is 8.54. The summed E-state index contributed by atoms with van der Waals surface area (Å²) >= 11 is 0. The summed E-state index contributed by atoms with van der Waals surface area (Å²) in [6, 6.07) is 0.216. The predicted molar refractivity (Wildman–Crippen MR) is 53.7 cm³/mol. The third kappa shape index (κ3) is 1.05. The Bertz CT molecular complexity index is 258.